The number of thiazole rings is 1. The van der Waals surface area contributed by atoms with E-state index in [0.717, 1.165) is 9.88 Å². The fourth-order valence-corrected chi connectivity index (χ4v) is 2.22. The summed E-state index contributed by atoms with van der Waals surface area (Å²) >= 11 is 1.55. The first-order chi connectivity index (χ1) is 7.15. The third kappa shape index (κ3) is 2.33. The fourth-order valence-electron chi connectivity index (χ4n) is 1.41. The molecule has 2 heterocycles. The number of piperazine rings is 1. The Bertz CT molecular complexity index is 402. The second-order valence-corrected chi connectivity index (χ2v) is 4.69. The third-order valence-electron chi connectivity index (χ3n) is 2.14. The van der Waals surface area contributed by atoms with Crippen molar-refractivity contribution in [2.24, 2.45) is 0 Å². The van der Waals surface area contributed by atoms with Gasteiger partial charge in [-0.25, -0.2) is 4.98 Å². The third-order valence-corrected chi connectivity index (χ3v) is 3.04. The maximum absolute atomic E-state index is 11.4. The van der Waals surface area contributed by atoms with Crippen molar-refractivity contribution >= 4 is 23.2 Å². The quantitative estimate of drug-likeness (QED) is 0.765. The normalized spacial score (nSPS) is 16.7. The maximum atomic E-state index is 11.4. The Morgan fingerprint density at radius 2 is 2.40 bits per heavy atom. The molecule has 0 unspecified atom stereocenters. The highest BCUT2D eigenvalue weighted by molar-refractivity contribution is 7.11. The van der Waals surface area contributed by atoms with E-state index in [9.17, 15) is 9.59 Å². The van der Waals surface area contributed by atoms with Gasteiger partial charge in [-0.2, -0.15) is 0 Å². The molecule has 0 atom stereocenters. The molecule has 0 radical (unpaired) electrons. The van der Waals surface area contributed by atoms with Crippen LogP contribution in [0.25, 0.3) is 0 Å². The van der Waals surface area contributed by atoms with Gasteiger partial charge in [-0.1, -0.05) is 0 Å². The molecule has 1 N–H and O–H groups in total. The summed E-state index contributed by atoms with van der Waals surface area (Å²) < 4.78 is 0. The summed E-state index contributed by atoms with van der Waals surface area (Å²) in [6.45, 7) is 2.66. The highest BCUT2D eigenvalue weighted by Crippen LogP contribution is 2.14. The number of aryl methyl sites for hydroxylation is 1. The molecule has 80 valence electrons. The van der Waals surface area contributed by atoms with Gasteiger partial charge in [0.1, 0.15) is 0 Å². The lowest BCUT2D eigenvalue weighted by Crippen LogP contribution is -2.50. The van der Waals surface area contributed by atoms with Crippen molar-refractivity contribution in [3.63, 3.8) is 0 Å². The highest BCUT2D eigenvalue weighted by Gasteiger charge is 2.23. The standard InChI is InChI=1S/C9H11N3O2S/c1-6-10-2-7(15-6)4-12-5-8(13)11-3-9(12)14/h2H,3-5H2,1H3,(H,11,13). The number of nitrogens with one attached hydrogen (secondary N) is 1. The number of hydrogen-bond donors (Lipinski definition) is 1. The fraction of sp³-hybridized carbons (Fsp3) is 0.444. The van der Waals surface area contributed by atoms with Crippen LogP contribution in [0.4, 0.5) is 0 Å². The molecule has 0 bridgehead atoms. The van der Waals surface area contributed by atoms with Crippen LogP contribution in [0.3, 0.4) is 0 Å². The van der Waals surface area contributed by atoms with Gasteiger partial charge in [0.25, 0.3) is 0 Å². The molecule has 1 aliphatic rings. The second kappa shape index (κ2) is 3.98. The van der Waals surface area contributed by atoms with Crippen molar-refractivity contribution in [1.29, 1.82) is 0 Å². The Balaban J connectivity index is 2.04. The molecule has 5 nitrogen and oxygen atoms in total. The first-order valence-corrected chi connectivity index (χ1v) is 5.42. The zero-order chi connectivity index (χ0) is 10.8. The van der Waals surface area contributed by atoms with Crippen LogP contribution in [0.2, 0.25) is 0 Å². The summed E-state index contributed by atoms with van der Waals surface area (Å²) in [4.78, 5) is 29.2. The lowest BCUT2D eigenvalue weighted by molar-refractivity contribution is -0.141. The van der Waals surface area contributed by atoms with Gasteiger partial charge in [-0.05, 0) is 6.92 Å². The Hall–Kier alpha value is -1.43. The lowest BCUT2D eigenvalue weighted by atomic mass is 10.3. The number of carbonyl (C=O) groups excluding carboxylic acids is 2. The van der Waals surface area contributed by atoms with Gasteiger partial charge in [0.2, 0.25) is 11.8 Å². The zero-order valence-electron chi connectivity index (χ0n) is 8.32. The van der Waals surface area contributed by atoms with Crippen molar-refractivity contribution in [2.75, 3.05) is 13.1 Å². The van der Waals surface area contributed by atoms with Crippen molar-refractivity contribution in [3.8, 4) is 0 Å². The van der Waals surface area contributed by atoms with Crippen LogP contribution in [-0.4, -0.2) is 34.8 Å². The number of rotatable bonds is 2. The lowest BCUT2D eigenvalue weighted by Gasteiger charge is -2.25. The average Bonchev–Trinajstić information content (AvgIpc) is 2.58. The van der Waals surface area contributed by atoms with Crippen molar-refractivity contribution in [2.45, 2.75) is 13.5 Å². The predicted octanol–water partition coefficient (Wildman–Crippen LogP) is -0.0901. The predicted molar refractivity (Wildman–Crippen MR) is 55.3 cm³/mol. The SMILES string of the molecule is Cc1ncc(CN2CC(=O)NCC2=O)s1. The minimum Gasteiger partial charge on any atom is -0.345 e. The van der Waals surface area contributed by atoms with Gasteiger partial charge < -0.3 is 10.2 Å². The molecular weight excluding hydrogens is 214 g/mol. The molecule has 1 saturated heterocycles. The van der Waals surface area contributed by atoms with Crippen LogP contribution >= 0.6 is 11.3 Å². The van der Waals surface area contributed by atoms with E-state index in [2.05, 4.69) is 10.3 Å². The maximum Gasteiger partial charge on any atom is 0.242 e. The van der Waals surface area contributed by atoms with Crippen LogP contribution in [0.15, 0.2) is 6.20 Å². The number of hydrogen-bond acceptors (Lipinski definition) is 4. The van der Waals surface area contributed by atoms with Crippen LogP contribution in [-0.2, 0) is 16.1 Å². The van der Waals surface area contributed by atoms with Gasteiger partial charge in [0, 0.05) is 11.1 Å². The summed E-state index contributed by atoms with van der Waals surface area (Å²) in [6.07, 6.45) is 1.75. The molecule has 1 aromatic rings. The van der Waals surface area contributed by atoms with Crippen LogP contribution < -0.4 is 5.32 Å². The van der Waals surface area contributed by atoms with Gasteiger partial charge in [0.05, 0.1) is 24.6 Å². The molecule has 0 aromatic carbocycles. The Morgan fingerprint density at radius 3 is 3.07 bits per heavy atom. The van der Waals surface area contributed by atoms with Crippen molar-refractivity contribution < 1.29 is 9.59 Å². The summed E-state index contributed by atoms with van der Waals surface area (Å²) in [5.74, 6) is -0.142. The Kier molecular flexibility index (Phi) is 2.68. The number of aromatic nitrogens is 1. The smallest absolute Gasteiger partial charge is 0.242 e. The van der Waals surface area contributed by atoms with Crippen LogP contribution in [0.5, 0.6) is 0 Å². The van der Waals surface area contributed by atoms with E-state index in [1.54, 1.807) is 22.4 Å². The molecule has 1 aliphatic heterocycles. The molecule has 0 saturated carbocycles. The molecule has 2 rings (SSSR count). The largest absolute Gasteiger partial charge is 0.345 e. The zero-order valence-corrected chi connectivity index (χ0v) is 9.13. The monoisotopic (exact) mass is 225 g/mol. The molecule has 1 aromatic heterocycles. The molecule has 0 spiro atoms. The summed E-state index contributed by atoms with van der Waals surface area (Å²) in [6, 6.07) is 0. The van der Waals surface area contributed by atoms with E-state index in [-0.39, 0.29) is 24.9 Å². The van der Waals surface area contributed by atoms with E-state index in [1.807, 2.05) is 6.92 Å². The number of carbonyl (C=O) groups is 2. The summed E-state index contributed by atoms with van der Waals surface area (Å²) in [5, 5.41) is 3.48. The van der Waals surface area contributed by atoms with Crippen molar-refractivity contribution in [1.82, 2.24) is 15.2 Å². The Morgan fingerprint density at radius 1 is 1.60 bits per heavy atom. The van der Waals surface area contributed by atoms with E-state index in [1.165, 1.54) is 0 Å². The van der Waals surface area contributed by atoms with Crippen molar-refractivity contribution in [3.05, 3.63) is 16.1 Å². The summed E-state index contributed by atoms with van der Waals surface area (Å²) in [5.41, 5.74) is 0. The van der Waals surface area contributed by atoms with Gasteiger partial charge >= 0.3 is 0 Å². The Labute approximate surface area is 91.1 Å². The van der Waals surface area contributed by atoms with E-state index in [0.29, 0.717) is 6.54 Å². The highest BCUT2D eigenvalue weighted by atomic mass is 32.1. The average molecular weight is 225 g/mol. The van der Waals surface area contributed by atoms with Crippen LogP contribution in [0, 0.1) is 6.92 Å². The minimum absolute atomic E-state index is 0.0411. The first kappa shape index (κ1) is 10.1. The number of nitrogens with zero attached hydrogens (tertiary/aromatic N) is 2. The van der Waals surface area contributed by atoms with Gasteiger partial charge in [-0.15, -0.1) is 11.3 Å². The van der Waals surface area contributed by atoms with E-state index in [4.69, 9.17) is 0 Å². The number of amides is 2. The molecule has 2 amide bonds. The molecule has 0 aliphatic carbocycles. The summed E-state index contributed by atoms with van der Waals surface area (Å²) in [7, 11) is 0. The van der Waals surface area contributed by atoms with E-state index >= 15 is 0 Å². The topological polar surface area (TPSA) is 62.3 Å². The first-order valence-electron chi connectivity index (χ1n) is 4.61. The second-order valence-electron chi connectivity index (χ2n) is 3.37. The van der Waals surface area contributed by atoms with Crippen LogP contribution in [0.1, 0.15) is 9.88 Å². The van der Waals surface area contributed by atoms with Gasteiger partial charge in [0.15, 0.2) is 0 Å². The van der Waals surface area contributed by atoms with E-state index < -0.39 is 0 Å². The van der Waals surface area contributed by atoms with Gasteiger partial charge in [-0.3, -0.25) is 9.59 Å². The molecule has 6 heteroatoms. The minimum atomic E-state index is -0.101. The molecular formula is C9H11N3O2S. The molecule has 1 fully saturated rings. The molecule has 15 heavy (non-hydrogen) atoms.